The van der Waals surface area contributed by atoms with E-state index in [2.05, 4.69) is 21.7 Å². The second-order valence-corrected chi connectivity index (χ2v) is 9.40. The Bertz CT molecular complexity index is 488. The van der Waals surface area contributed by atoms with E-state index in [-0.39, 0.29) is 11.1 Å². The molecule has 1 saturated heterocycles. The highest BCUT2D eigenvalue weighted by Gasteiger charge is 2.32. The fraction of sp³-hybridized carbons (Fsp3) is 0.692. The van der Waals surface area contributed by atoms with Crippen LogP contribution in [0.5, 0.6) is 0 Å². The van der Waals surface area contributed by atoms with Gasteiger partial charge in [-0.3, -0.25) is 4.90 Å². The number of thioether (sulfide) groups is 1. The molecule has 114 valence electrons. The normalized spacial score (nSPS) is 21.1. The summed E-state index contributed by atoms with van der Waals surface area (Å²) in [6.07, 6.45) is 0. The van der Waals surface area contributed by atoms with Crippen LogP contribution >= 0.6 is 23.1 Å². The molecule has 0 spiro atoms. The molecule has 1 unspecified atom stereocenters. The van der Waals surface area contributed by atoms with Gasteiger partial charge in [0.25, 0.3) is 0 Å². The molecule has 1 aliphatic rings. The van der Waals surface area contributed by atoms with Gasteiger partial charge in [-0.05, 0) is 11.4 Å². The Hall–Kier alpha value is -0.0800. The summed E-state index contributed by atoms with van der Waals surface area (Å²) in [5.41, 5.74) is 0. The highest BCUT2D eigenvalue weighted by molar-refractivity contribution is 8.01. The van der Waals surface area contributed by atoms with Gasteiger partial charge < -0.3 is 5.32 Å². The minimum Gasteiger partial charge on any atom is -0.311 e. The molecule has 1 fully saturated rings. The van der Waals surface area contributed by atoms with Gasteiger partial charge in [-0.25, -0.2) is 8.42 Å². The molecule has 0 amide bonds. The average Bonchev–Trinajstić information content (AvgIpc) is 2.97. The maximum atomic E-state index is 12.1. The average molecular weight is 335 g/mol. The topological polar surface area (TPSA) is 49.4 Å². The molecule has 0 aliphatic carbocycles. The Morgan fingerprint density at radius 1 is 1.50 bits per heavy atom. The van der Waals surface area contributed by atoms with Crippen LogP contribution in [-0.2, 0) is 16.4 Å². The number of nitrogens with one attached hydrogen (secondary N) is 1. The number of thiophene rings is 1. The standard InChI is InChI=1S/C13H22N2O2S3/c1-2-20(16,17)13-11-18-9-7-15(13)6-5-14-10-12-4-3-8-19-12/h3-4,8,13-14H,2,5-7,9-11H2,1H3. The largest absolute Gasteiger partial charge is 0.311 e. The van der Waals surface area contributed by atoms with E-state index in [1.807, 2.05) is 6.07 Å². The molecule has 0 bridgehead atoms. The van der Waals surface area contributed by atoms with Gasteiger partial charge in [0, 0.05) is 48.3 Å². The minimum absolute atomic E-state index is 0.233. The summed E-state index contributed by atoms with van der Waals surface area (Å²) in [5, 5.41) is 5.17. The van der Waals surface area contributed by atoms with Crippen molar-refractivity contribution in [2.75, 3.05) is 36.9 Å². The third kappa shape index (κ3) is 4.46. The molecular formula is C13H22N2O2S3. The first-order chi connectivity index (χ1) is 9.63. The van der Waals surface area contributed by atoms with Crippen LogP contribution < -0.4 is 5.32 Å². The number of hydrogen-bond donors (Lipinski definition) is 1. The molecule has 1 N–H and O–H groups in total. The van der Waals surface area contributed by atoms with Crippen LogP contribution in [0.15, 0.2) is 17.5 Å². The van der Waals surface area contributed by atoms with Crippen molar-refractivity contribution in [1.29, 1.82) is 0 Å². The van der Waals surface area contributed by atoms with Crippen molar-refractivity contribution in [2.45, 2.75) is 18.8 Å². The third-order valence-corrected chi connectivity index (χ3v) is 7.67. The van der Waals surface area contributed by atoms with E-state index in [1.54, 1.807) is 30.0 Å². The lowest BCUT2D eigenvalue weighted by Gasteiger charge is -2.34. The summed E-state index contributed by atoms with van der Waals surface area (Å²) in [6, 6.07) is 4.16. The van der Waals surface area contributed by atoms with Crippen LogP contribution in [-0.4, -0.2) is 55.6 Å². The lowest BCUT2D eigenvalue weighted by Crippen LogP contribution is -2.49. The highest BCUT2D eigenvalue weighted by atomic mass is 32.2. The van der Waals surface area contributed by atoms with Crippen molar-refractivity contribution in [3.8, 4) is 0 Å². The van der Waals surface area contributed by atoms with E-state index in [0.29, 0.717) is 5.75 Å². The molecule has 1 aromatic rings. The summed E-state index contributed by atoms with van der Waals surface area (Å²) >= 11 is 3.49. The molecule has 7 heteroatoms. The van der Waals surface area contributed by atoms with Gasteiger partial charge in [-0.2, -0.15) is 11.8 Å². The Balaban J connectivity index is 1.80. The van der Waals surface area contributed by atoms with Gasteiger partial charge in [-0.1, -0.05) is 13.0 Å². The molecule has 2 heterocycles. The zero-order chi connectivity index (χ0) is 14.4. The molecule has 2 rings (SSSR count). The van der Waals surface area contributed by atoms with Crippen LogP contribution in [0.25, 0.3) is 0 Å². The molecule has 1 atom stereocenters. The molecule has 4 nitrogen and oxygen atoms in total. The van der Waals surface area contributed by atoms with Crippen molar-refractivity contribution in [1.82, 2.24) is 10.2 Å². The van der Waals surface area contributed by atoms with E-state index < -0.39 is 9.84 Å². The predicted octanol–water partition coefficient (Wildman–Crippen LogP) is 1.65. The molecular weight excluding hydrogens is 312 g/mol. The summed E-state index contributed by atoms with van der Waals surface area (Å²) in [5.74, 6) is 1.97. The van der Waals surface area contributed by atoms with Crippen molar-refractivity contribution < 1.29 is 8.42 Å². The molecule has 0 aromatic carbocycles. The summed E-state index contributed by atoms with van der Waals surface area (Å²) in [7, 11) is -2.97. The number of nitrogens with zero attached hydrogens (tertiary/aromatic N) is 1. The summed E-state index contributed by atoms with van der Waals surface area (Å²) in [4.78, 5) is 3.44. The van der Waals surface area contributed by atoms with Gasteiger partial charge in [0.2, 0.25) is 0 Å². The van der Waals surface area contributed by atoms with Crippen LogP contribution in [0, 0.1) is 0 Å². The van der Waals surface area contributed by atoms with Crippen LogP contribution in [0.4, 0.5) is 0 Å². The van der Waals surface area contributed by atoms with Crippen molar-refractivity contribution in [2.24, 2.45) is 0 Å². The fourth-order valence-electron chi connectivity index (χ4n) is 2.24. The van der Waals surface area contributed by atoms with E-state index in [9.17, 15) is 8.42 Å². The lowest BCUT2D eigenvalue weighted by atomic mass is 10.4. The molecule has 1 aromatic heterocycles. The van der Waals surface area contributed by atoms with Crippen molar-refractivity contribution in [3.63, 3.8) is 0 Å². The molecule has 20 heavy (non-hydrogen) atoms. The Labute approximate surface area is 129 Å². The Morgan fingerprint density at radius 2 is 2.35 bits per heavy atom. The van der Waals surface area contributed by atoms with Gasteiger partial charge in [0.05, 0.1) is 0 Å². The van der Waals surface area contributed by atoms with Gasteiger partial charge >= 0.3 is 0 Å². The van der Waals surface area contributed by atoms with Crippen LogP contribution in [0.3, 0.4) is 0 Å². The highest BCUT2D eigenvalue weighted by Crippen LogP contribution is 2.20. The molecule has 1 aliphatic heterocycles. The Morgan fingerprint density at radius 3 is 3.05 bits per heavy atom. The maximum absolute atomic E-state index is 12.1. The monoisotopic (exact) mass is 334 g/mol. The van der Waals surface area contributed by atoms with Gasteiger partial charge in [0.1, 0.15) is 5.37 Å². The second-order valence-electron chi connectivity index (χ2n) is 4.77. The van der Waals surface area contributed by atoms with Crippen molar-refractivity contribution >= 4 is 32.9 Å². The smallest absolute Gasteiger partial charge is 0.166 e. The van der Waals surface area contributed by atoms with E-state index in [0.717, 1.165) is 31.9 Å². The first-order valence-electron chi connectivity index (χ1n) is 6.90. The Kier molecular flexibility index (Phi) is 6.35. The van der Waals surface area contributed by atoms with Gasteiger partial charge in [0.15, 0.2) is 9.84 Å². The quantitative estimate of drug-likeness (QED) is 0.769. The first-order valence-corrected chi connectivity index (χ1v) is 10.6. The third-order valence-electron chi connectivity index (χ3n) is 3.46. The SMILES string of the molecule is CCS(=O)(=O)C1CSCCN1CCNCc1cccs1. The second kappa shape index (κ2) is 7.79. The molecule has 0 radical (unpaired) electrons. The van der Waals surface area contributed by atoms with Gasteiger partial charge in [-0.15, -0.1) is 11.3 Å². The molecule has 0 saturated carbocycles. The summed E-state index contributed by atoms with van der Waals surface area (Å²) in [6.45, 7) is 5.11. The maximum Gasteiger partial charge on any atom is 0.166 e. The zero-order valence-electron chi connectivity index (χ0n) is 11.7. The van der Waals surface area contributed by atoms with E-state index in [1.165, 1.54) is 4.88 Å². The fourth-order valence-corrected chi connectivity index (χ4v) is 6.03. The lowest BCUT2D eigenvalue weighted by molar-refractivity contribution is 0.269. The summed E-state index contributed by atoms with van der Waals surface area (Å²) < 4.78 is 24.2. The minimum atomic E-state index is -2.97. The number of sulfone groups is 1. The first kappa shape index (κ1) is 16.3. The van der Waals surface area contributed by atoms with Crippen LogP contribution in [0.1, 0.15) is 11.8 Å². The predicted molar refractivity (Wildman–Crippen MR) is 88.2 cm³/mol. The van der Waals surface area contributed by atoms with Crippen molar-refractivity contribution in [3.05, 3.63) is 22.4 Å². The van der Waals surface area contributed by atoms with E-state index in [4.69, 9.17) is 0 Å². The number of hydrogen-bond acceptors (Lipinski definition) is 6. The van der Waals surface area contributed by atoms with E-state index >= 15 is 0 Å². The number of rotatable bonds is 7. The zero-order valence-corrected chi connectivity index (χ0v) is 14.2. The van der Waals surface area contributed by atoms with Crippen LogP contribution in [0.2, 0.25) is 0 Å².